The number of hydrogen-bond acceptors (Lipinski definition) is 7. The molecule has 1 fully saturated rings. The topological polar surface area (TPSA) is 90.0 Å². The van der Waals surface area contributed by atoms with Crippen molar-refractivity contribution in [3.05, 3.63) is 107 Å². The number of amides is 2. The van der Waals surface area contributed by atoms with E-state index in [1.165, 1.54) is 30.2 Å². The Morgan fingerprint density at radius 1 is 0.868 bits per heavy atom. The molecule has 0 radical (unpaired) electrons. The lowest BCUT2D eigenvalue weighted by Crippen LogP contribution is -2.27. The molecule has 0 aliphatic carbocycles. The van der Waals surface area contributed by atoms with Gasteiger partial charge in [-0.25, -0.2) is 0 Å². The molecule has 7 nitrogen and oxygen atoms in total. The molecule has 0 aromatic heterocycles. The quantitative estimate of drug-likeness (QED) is 0.203. The van der Waals surface area contributed by atoms with E-state index in [4.69, 9.17) is 8.92 Å². The van der Waals surface area contributed by atoms with Crippen molar-refractivity contribution in [2.24, 2.45) is 0 Å². The van der Waals surface area contributed by atoms with E-state index in [1.54, 1.807) is 30.3 Å². The van der Waals surface area contributed by atoms with E-state index >= 15 is 0 Å². The van der Waals surface area contributed by atoms with E-state index in [-0.39, 0.29) is 33.1 Å². The smallest absolute Gasteiger partial charge is 0.339 e. The summed E-state index contributed by atoms with van der Waals surface area (Å²) in [7, 11) is -2.68. The van der Waals surface area contributed by atoms with Gasteiger partial charge in [0.1, 0.15) is 4.90 Å². The fourth-order valence-corrected chi connectivity index (χ4v) is 5.80. The number of thioether (sulfide) groups is 1. The van der Waals surface area contributed by atoms with E-state index in [2.05, 4.69) is 0 Å². The second-order valence-electron chi connectivity index (χ2n) is 8.71. The van der Waals surface area contributed by atoms with Crippen molar-refractivity contribution in [3.63, 3.8) is 0 Å². The second-order valence-corrected chi connectivity index (χ2v) is 11.2. The van der Waals surface area contributed by atoms with Crippen molar-refractivity contribution >= 4 is 49.9 Å². The molecule has 1 aliphatic heterocycles. The van der Waals surface area contributed by atoms with Gasteiger partial charge in [0.05, 0.1) is 18.6 Å². The van der Waals surface area contributed by atoms with Crippen molar-refractivity contribution < 1.29 is 26.9 Å². The number of carbonyl (C=O) groups excluding carboxylic acids is 2. The molecule has 0 spiro atoms. The van der Waals surface area contributed by atoms with Crippen LogP contribution in [-0.2, 0) is 21.5 Å². The number of ether oxygens (including phenoxy) is 1. The monoisotopic (exact) mass is 545 g/mol. The number of nitrogens with zero attached hydrogens (tertiary/aromatic N) is 1. The maximum absolute atomic E-state index is 13.1. The maximum atomic E-state index is 13.1. The Bertz CT molecular complexity index is 1690. The van der Waals surface area contributed by atoms with E-state index in [0.717, 1.165) is 33.7 Å². The molecule has 0 unspecified atom stereocenters. The van der Waals surface area contributed by atoms with Gasteiger partial charge in [0.15, 0.2) is 11.5 Å². The van der Waals surface area contributed by atoms with E-state index in [0.29, 0.717) is 5.56 Å². The molecule has 0 N–H and O–H groups in total. The summed E-state index contributed by atoms with van der Waals surface area (Å²) in [4.78, 5) is 27.2. The first-order chi connectivity index (χ1) is 18.2. The minimum absolute atomic E-state index is 0.00892. The van der Waals surface area contributed by atoms with Crippen LogP contribution in [0.5, 0.6) is 11.5 Å². The fourth-order valence-electron chi connectivity index (χ4n) is 4.02. The Hall–Kier alpha value is -4.08. The Kier molecular flexibility index (Phi) is 6.96. The first kappa shape index (κ1) is 25.6. The van der Waals surface area contributed by atoms with Gasteiger partial charge in [0.25, 0.3) is 11.1 Å². The van der Waals surface area contributed by atoms with Gasteiger partial charge in [0, 0.05) is 0 Å². The van der Waals surface area contributed by atoms with Gasteiger partial charge in [-0.1, -0.05) is 60.2 Å². The zero-order chi connectivity index (χ0) is 26.9. The molecule has 4 aromatic rings. The summed E-state index contributed by atoms with van der Waals surface area (Å²) in [5.74, 6) is -0.214. The van der Waals surface area contributed by atoms with Crippen molar-refractivity contribution in [3.8, 4) is 11.5 Å². The van der Waals surface area contributed by atoms with Crippen LogP contribution in [0.3, 0.4) is 0 Å². The Morgan fingerprint density at radius 2 is 1.61 bits per heavy atom. The molecular formula is C29H23NO6S2. The van der Waals surface area contributed by atoms with Crippen LogP contribution in [0, 0.1) is 6.92 Å². The average molecular weight is 546 g/mol. The molecule has 4 aromatic carbocycles. The van der Waals surface area contributed by atoms with E-state index in [9.17, 15) is 18.0 Å². The van der Waals surface area contributed by atoms with E-state index < -0.39 is 16.0 Å². The van der Waals surface area contributed by atoms with Gasteiger partial charge in [-0.2, -0.15) is 8.42 Å². The molecule has 0 atom stereocenters. The van der Waals surface area contributed by atoms with Crippen LogP contribution >= 0.6 is 11.8 Å². The number of rotatable bonds is 7. The van der Waals surface area contributed by atoms with Crippen LogP contribution in [0.25, 0.3) is 16.8 Å². The van der Waals surface area contributed by atoms with Gasteiger partial charge in [-0.15, -0.1) is 0 Å². The third-order valence-corrected chi connectivity index (χ3v) is 8.18. The minimum atomic E-state index is -4.07. The number of hydrogen-bond donors (Lipinski definition) is 0. The Morgan fingerprint density at radius 3 is 2.34 bits per heavy atom. The number of methoxy groups -OCH3 is 1. The highest BCUT2D eigenvalue weighted by Crippen LogP contribution is 2.36. The van der Waals surface area contributed by atoms with Crippen LogP contribution in [-0.4, -0.2) is 31.6 Å². The molecule has 0 saturated carbocycles. The van der Waals surface area contributed by atoms with Crippen LogP contribution in [0.1, 0.15) is 16.7 Å². The average Bonchev–Trinajstić information content (AvgIpc) is 3.16. The maximum Gasteiger partial charge on any atom is 0.339 e. The molecule has 1 heterocycles. The van der Waals surface area contributed by atoms with Gasteiger partial charge < -0.3 is 8.92 Å². The molecule has 192 valence electrons. The lowest BCUT2D eigenvalue weighted by molar-refractivity contribution is -0.123. The summed E-state index contributed by atoms with van der Waals surface area (Å²) >= 11 is 0.856. The van der Waals surface area contributed by atoms with Crippen LogP contribution in [0.15, 0.2) is 94.7 Å². The predicted octanol–water partition coefficient (Wildman–Crippen LogP) is 6.16. The van der Waals surface area contributed by atoms with Crippen molar-refractivity contribution in [2.75, 3.05) is 7.11 Å². The van der Waals surface area contributed by atoms with Crippen LogP contribution in [0.2, 0.25) is 0 Å². The zero-order valence-corrected chi connectivity index (χ0v) is 22.2. The lowest BCUT2D eigenvalue weighted by atomic mass is 10.1. The van der Waals surface area contributed by atoms with Crippen molar-refractivity contribution in [1.82, 2.24) is 4.90 Å². The molecule has 1 saturated heterocycles. The first-order valence-corrected chi connectivity index (χ1v) is 13.9. The van der Waals surface area contributed by atoms with Gasteiger partial charge in [-0.05, 0) is 77.0 Å². The minimum Gasteiger partial charge on any atom is -0.493 e. The Labute approximate surface area is 224 Å². The van der Waals surface area contributed by atoms with E-state index in [1.807, 2.05) is 49.4 Å². The number of benzene rings is 4. The highest BCUT2D eigenvalue weighted by atomic mass is 32.2. The summed E-state index contributed by atoms with van der Waals surface area (Å²) in [5, 5.41) is 1.76. The highest BCUT2D eigenvalue weighted by molar-refractivity contribution is 8.18. The molecule has 2 amide bonds. The molecule has 9 heteroatoms. The number of aryl methyl sites for hydroxylation is 1. The molecule has 38 heavy (non-hydrogen) atoms. The summed E-state index contributed by atoms with van der Waals surface area (Å²) in [5.41, 5.74) is 2.33. The normalized spacial score (nSPS) is 14.9. The van der Waals surface area contributed by atoms with Crippen molar-refractivity contribution in [1.29, 1.82) is 0 Å². The molecule has 1 aliphatic rings. The molecule has 5 rings (SSSR count). The largest absolute Gasteiger partial charge is 0.493 e. The summed E-state index contributed by atoms with van der Waals surface area (Å²) in [6, 6.07) is 24.6. The summed E-state index contributed by atoms with van der Waals surface area (Å²) in [6.45, 7) is 2.02. The SMILES string of the molecule is COc1cc(/C=C2\SC(=O)N(Cc3ccc4ccccc4c3)C2=O)ccc1OS(=O)(=O)c1ccc(C)cc1. The summed E-state index contributed by atoms with van der Waals surface area (Å²) < 4.78 is 36.1. The standard InChI is InChI=1S/C29H23NO6S2/c1-19-7-12-24(13-8-19)38(33,34)36-25-14-10-20(16-26(25)35-2)17-27-28(31)30(29(32)37-27)18-21-9-11-22-5-3-4-6-23(22)15-21/h3-17H,18H2,1-2H3/b27-17-. The second kappa shape index (κ2) is 10.4. The molecular weight excluding hydrogens is 522 g/mol. The third kappa shape index (κ3) is 5.29. The number of carbonyl (C=O) groups is 2. The van der Waals surface area contributed by atoms with Gasteiger partial charge in [0.2, 0.25) is 0 Å². The Balaban J connectivity index is 1.35. The van der Waals surface area contributed by atoms with Crippen LogP contribution in [0.4, 0.5) is 4.79 Å². The summed E-state index contributed by atoms with van der Waals surface area (Å²) in [6.07, 6.45) is 1.58. The number of imide groups is 1. The lowest BCUT2D eigenvalue weighted by Gasteiger charge is -2.13. The number of fused-ring (bicyclic) bond motifs is 1. The fraction of sp³-hybridized carbons (Fsp3) is 0.103. The van der Waals surface area contributed by atoms with Crippen LogP contribution < -0.4 is 8.92 Å². The zero-order valence-electron chi connectivity index (χ0n) is 20.6. The van der Waals surface area contributed by atoms with Gasteiger partial charge in [-0.3, -0.25) is 14.5 Å². The first-order valence-electron chi connectivity index (χ1n) is 11.7. The third-order valence-electron chi connectivity index (χ3n) is 6.02. The van der Waals surface area contributed by atoms with Crippen molar-refractivity contribution in [2.45, 2.75) is 18.4 Å². The van der Waals surface area contributed by atoms with Gasteiger partial charge >= 0.3 is 10.1 Å². The highest BCUT2D eigenvalue weighted by Gasteiger charge is 2.35. The predicted molar refractivity (Wildman–Crippen MR) is 147 cm³/mol. The molecule has 0 bridgehead atoms.